The van der Waals surface area contributed by atoms with Gasteiger partial charge < -0.3 is 10.5 Å². The van der Waals surface area contributed by atoms with Gasteiger partial charge in [0, 0.05) is 0 Å². The highest BCUT2D eigenvalue weighted by Crippen LogP contribution is 2.32. The lowest BCUT2D eigenvalue weighted by atomic mass is 10.2. The van der Waals surface area contributed by atoms with Crippen molar-refractivity contribution in [2.24, 2.45) is 0 Å². The number of aldehydes is 1. The number of methoxy groups -OCH3 is 1. The zero-order valence-corrected chi connectivity index (χ0v) is 7.56. The lowest BCUT2D eigenvalue weighted by Crippen LogP contribution is -2.00. The SMILES string of the molecule is COc1c(C=O)cc(Cl)c(N)c1F. The fourth-order valence-electron chi connectivity index (χ4n) is 0.929. The Morgan fingerprint density at radius 2 is 2.31 bits per heavy atom. The number of ether oxygens (including phenoxy) is 1. The third-order valence-electron chi connectivity index (χ3n) is 1.57. The highest BCUT2D eigenvalue weighted by Gasteiger charge is 2.15. The number of carbonyl (C=O) groups excluding carboxylic acids is 1. The average molecular weight is 204 g/mol. The van der Waals surface area contributed by atoms with Crippen LogP contribution in [0.3, 0.4) is 0 Å². The minimum atomic E-state index is -0.808. The second-order valence-corrected chi connectivity index (χ2v) is 2.73. The molecule has 0 spiro atoms. The van der Waals surface area contributed by atoms with E-state index in [0.29, 0.717) is 6.29 Å². The van der Waals surface area contributed by atoms with Crippen molar-refractivity contribution < 1.29 is 13.9 Å². The van der Waals surface area contributed by atoms with Crippen molar-refractivity contribution in [1.82, 2.24) is 0 Å². The fraction of sp³-hybridized carbons (Fsp3) is 0.125. The topological polar surface area (TPSA) is 52.3 Å². The third-order valence-corrected chi connectivity index (χ3v) is 1.88. The summed E-state index contributed by atoms with van der Waals surface area (Å²) < 4.78 is 17.9. The standard InChI is InChI=1S/C8H7ClFNO2/c1-13-8-4(3-12)2-5(9)7(11)6(8)10/h2-3H,11H2,1H3. The molecule has 0 saturated carbocycles. The van der Waals surface area contributed by atoms with E-state index in [0.717, 1.165) is 0 Å². The van der Waals surface area contributed by atoms with Crippen LogP contribution in [0.15, 0.2) is 6.07 Å². The Hall–Kier alpha value is -1.29. The molecule has 0 unspecified atom stereocenters. The van der Waals surface area contributed by atoms with Gasteiger partial charge in [0.05, 0.1) is 23.4 Å². The predicted molar refractivity (Wildman–Crippen MR) is 47.8 cm³/mol. The maximum absolute atomic E-state index is 13.2. The zero-order valence-electron chi connectivity index (χ0n) is 6.80. The summed E-state index contributed by atoms with van der Waals surface area (Å²) in [4.78, 5) is 10.5. The molecule has 0 radical (unpaired) electrons. The van der Waals surface area contributed by atoms with Crippen LogP contribution in [0.2, 0.25) is 5.02 Å². The van der Waals surface area contributed by atoms with Crippen LogP contribution in [0, 0.1) is 5.82 Å². The number of rotatable bonds is 2. The maximum Gasteiger partial charge on any atom is 0.190 e. The number of nitrogens with two attached hydrogens (primary N) is 1. The second kappa shape index (κ2) is 3.62. The number of nitrogen functional groups attached to an aromatic ring is 1. The highest BCUT2D eigenvalue weighted by molar-refractivity contribution is 6.33. The summed E-state index contributed by atoms with van der Waals surface area (Å²) in [7, 11) is 1.25. The monoisotopic (exact) mass is 203 g/mol. The van der Waals surface area contributed by atoms with E-state index in [1.807, 2.05) is 0 Å². The van der Waals surface area contributed by atoms with E-state index in [1.165, 1.54) is 13.2 Å². The quantitative estimate of drug-likeness (QED) is 0.590. The van der Waals surface area contributed by atoms with Gasteiger partial charge in [-0.15, -0.1) is 0 Å². The van der Waals surface area contributed by atoms with Gasteiger partial charge in [-0.3, -0.25) is 4.79 Å². The number of anilines is 1. The van der Waals surface area contributed by atoms with E-state index in [9.17, 15) is 9.18 Å². The van der Waals surface area contributed by atoms with Crippen LogP contribution < -0.4 is 10.5 Å². The number of benzene rings is 1. The molecule has 13 heavy (non-hydrogen) atoms. The Balaban J connectivity index is 3.47. The molecule has 1 aromatic rings. The molecule has 0 aliphatic rings. The van der Waals surface area contributed by atoms with Crippen LogP contribution in [0.4, 0.5) is 10.1 Å². The summed E-state index contributed by atoms with van der Waals surface area (Å²) in [5.41, 5.74) is 5.10. The van der Waals surface area contributed by atoms with Crippen LogP contribution in [0.25, 0.3) is 0 Å². The molecule has 0 aliphatic carbocycles. The van der Waals surface area contributed by atoms with Gasteiger partial charge in [-0.2, -0.15) is 0 Å². The molecule has 0 fully saturated rings. The van der Waals surface area contributed by atoms with Crippen LogP contribution >= 0.6 is 11.6 Å². The Kier molecular flexibility index (Phi) is 2.72. The first-order valence-electron chi connectivity index (χ1n) is 3.38. The van der Waals surface area contributed by atoms with E-state index < -0.39 is 5.82 Å². The Bertz CT molecular complexity index is 354. The molecular weight excluding hydrogens is 197 g/mol. The summed E-state index contributed by atoms with van der Waals surface area (Å²) in [6.07, 6.45) is 0.452. The first kappa shape index (κ1) is 9.80. The van der Waals surface area contributed by atoms with Gasteiger partial charge in [0.25, 0.3) is 0 Å². The van der Waals surface area contributed by atoms with E-state index in [-0.39, 0.29) is 22.0 Å². The lowest BCUT2D eigenvalue weighted by molar-refractivity contribution is 0.112. The third kappa shape index (κ3) is 1.58. The Morgan fingerprint density at radius 3 is 2.77 bits per heavy atom. The minimum absolute atomic E-state index is 0.000370. The van der Waals surface area contributed by atoms with Crippen molar-refractivity contribution in [1.29, 1.82) is 0 Å². The van der Waals surface area contributed by atoms with E-state index in [2.05, 4.69) is 4.74 Å². The van der Waals surface area contributed by atoms with Crippen molar-refractivity contribution >= 4 is 23.6 Å². The maximum atomic E-state index is 13.2. The van der Waals surface area contributed by atoms with Crippen LogP contribution in [-0.2, 0) is 0 Å². The summed E-state index contributed by atoms with van der Waals surface area (Å²) >= 11 is 5.55. The van der Waals surface area contributed by atoms with Crippen molar-refractivity contribution in [2.45, 2.75) is 0 Å². The summed E-state index contributed by atoms with van der Waals surface area (Å²) in [6, 6.07) is 1.26. The largest absolute Gasteiger partial charge is 0.493 e. The normalized spacial score (nSPS) is 9.77. The lowest BCUT2D eigenvalue weighted by Gasteiger charge is -2.07. The number of carbonyl (C=O) groups is 1. The second-order valence-electron chi connectivity index (χ2n) is 2.33. The Labute approximate surface area is 79.2 Å². The van der Waals surface area contributed by atoms with Gasteiger partial charge >= 0.3 is 0 Å². The number of halogens is 2. The molecule has 2 N–H and O–H groups in total. The fourth-order valence-corrected chi connectivity index (χ4v) is 1.13. The summed E-state index contributed by atoms with van der Waals surface area (Å²) in [5, 5.41) is 0.000370. The molecule has 0 aliphatic heterocycles. The van der Waals surface area contributed by atoms with E-state index in [1.54, 1.807) is 0 Å². The van der Waals surface area contributed by atoms with Crippen LogP contribution in [0.1, 0.15) is 10.4 Å². The molecular formula is C8H7ClFNO2. The smallest absolute Gasteiger partial charge is 0.190 e. The van der Waals surface area contributed by atoms with Gasteiger partial charge in [0.1, 0.15) is 0 Å². The van der Waals surface area contributed by atoms with Crippen molar-refractivity contribution in [3.63, 3.8) is 0 Å². The molecule has 0 amide bonds. The molecule has 0 atom stereocenters. The van der Waals surface area contributed by atoms with Gasteiger partial charge in [-0.05, 0) is 6.07 Å². The first-order chi connectivity index (χ1) is 6.11. The van der Waals surface area contributed by atoms with Gasteiger partial charge in [-0.25, -0.2) is 4.39 Å². The predicted octanol–water partition coefficient (Wildman–Crippen LogP) is 1.88. The van der Waals surface area contributed by atoms with Crippen molar-refractivity contribution in [3.8, 4) is 5.75 Å². The molecule has 70 valence electrons. The molecule has 1 rings (SSSR count). The zero-order chi connectivity index (χ0) is 10.0. The van der Waals surface area contributed by atoms with Crippen molar-refractivity contribution in [3.05, 3.63) is 22.5 Å². The summed E-state index contributed by atoms with van der Waals surface area (Å²) in [5.74, 6) is -0.992. The molecule has 3 nitrogen and oxygen atoms in total. The van der Waals surface area contributed by atoms with Crippen LogP contribution in [0.5, 0.6) is 5.75 Å². The Morgan fingerprint density at radius 1 is 1.69 bits per heavy atom. The molecule has 0 aromatic heterocycles. The first-order valence-corrected chi connectivity index (χ1v) is 3.76. The highest BCUT2D eigenvalue weighted by atomic mass is 35.5. The van der Waals surface area contributed by atoms with E-state index in [4.69, 9.17) is 17.3 Å². The molecule has 0 saturated heterocycles. The van der Waals surface area contributed by atoms with Gasteiger partial charge in [-0.1, -0.05) is 11.6 Å². The number of hydrogen-bond acceptors (Lipinski definition) is 3. The molecule has 0 heterocycles. The minimum Gasteiger partial charge on any atom is -0.493 e. The van der Waals surface area contributed by atoms with Gasteiger partial charge in [0.2, 0.25) is 0 Å². The number of hydrogen-bond donors (Lipinski definition) is 1. The van der Waals surface area contributed by atoms with E-state index >= 15 is 0 Å². The molecule has 0 bridgehead atoms. The summed E-state index contributed by atoms with van der Waals surface area (Å²) in [6.45, 7) is 0. The van der Waals surface area contributed by atoms with Crippen molar-refractivity contribution in [2.75, 3.05) is 12.8 Å². The van der Waals surface area contributed by atoms with Crippen LogP contribution in [-0.4, -0.2) is 13.4 Å². The molecule has 5 heteroatoms. The van der Waals surface area contributed by atoms with Gasteiger partial charge in [0.15, 0.2) is 17.9 Å². The molecule has 1 aromatic carbocycles. The average Bonchev–Trinajstić information content (AvgIpc) is 2.13.